The number of ether oxygens (including phenoxy) is 2. The van der Waals surface area contributed by atoms with E-state index in [9.17, 15) is 14.4 Å². The number of esters is 1. The zero-order valence-electron chi connectivity index (χ0n) is 20.4. The van der Waals surface area contributed by atoms with E-state index in [0.717, 1.165) is 11.3 Å². The molecule has 0 aromatic heterocycles. The lowest BCUT2D eigenvalue weighted by molar-refractivity contribution is -0.147. The topological polar surface area (TPSA) is 81.7 Å². The van der Waals surface area contributed by atoms with Crippen molar-refractivity contribution in [1.82, 2.24) is 0 Å². The normalized spacial score (nSPS) is 11.4. The Morgan fingerprint density at radius 2 is 1.51 bits per heavy atom. The average molecular weight is 474 g/mol. The van der Waals surface area contributed by atoms with Crippen LogP contribution in [0.25, 0.3) is 0 Å². The predicted molar refractivity (Wildman–Crippen MR) is 136 cm³/mol. The van der Waals surface area contributed by atoms with Crippen LogP contribution in [0.4, 0.5) is 5.69 Å². The number of nitrogens with one attached hydrogen (secondary N) is 1. The number of Topliss-reactive ketones (excluding diaryl/α,β-unsaturated/α-hetero) is 1. The number of benzene rings is 3. The van der Waals surface area contributed by atoms with Crippen molar-refractivity contribution in [3.63, 3.8) is 0 Å². The predicted octanol–water partition coefficient (Wildman–Crippen LogP) is 6.41. The minimum atomic E-state index is -0.816. The molecular weight excluding hydrogens is 442 g/mol. The average Bonchev–Trinajstić information content (AvgIpc) is 2.86. The van der Waals surface area contributed by atoms with Gasteiger partial charge in [-0.15, -0.1) is 0 Å². The lowest BCUT2D eigenvalue weighted by Gasteiger charge is -2.15. The van der Waals surface area contributed by atoms with Crippen molar-refractivity contribution in [3.05, 3.63) is 89.5 Å². The van der Waals surface area contributed by atoms with Gasteiger partial charge >= 0.3 is 5.97 Å². The third-order valence-corrected chi connectivity index (χ3v) is 5.63. The Morgan fingerprint density at radius 1 is 0.829 bits per heavy atom. The van der Waals surface area contributed by atoms with Crippen molar-refractivity contribution in [2.75, 3.05) is 5.32 Å². The highest BCUT2D eigenvalue weighted by molar-refractivity contribution is 6.00. The highest BCUT2D eigenvalue weighted by atomic mass is 16.5. The summed E-state index contributed by atoms with van der Waals surface area (Å²) in [6.07, 6.45) is 0.134. The number of aryl methyl sites for hydroxylation is 2. The molecule has 0 fully saturated rings. The van der Waals surface area contributed by atoms with Crippen molar-refractivity contribution >= 4 is 23.3 Å². The molecule has 1 amide bonds. The van der Waals surface area contributed by atoms with Gasteiger partial charge in [-0.25, -0.2) is 0 Å². The molecular formula is C29H31NO5. The van der Waals surface area contributed by atoms with Gasteiger partial charge in [0.25, 0.3) is 0 Å². The molecule has 0 aliphatic carbocycles. The second-order valence-electron chi connectivity index (χ2n) is 8.39. The second kappa shape index (κ2) is 12.5. The largest absolute Gasteiger partial charge is 0.457 e. The Balaban J connectivity index is 1.41. The quantitative estimate of drug-likeness (QED) is 0.257. The molecule has 6 nitrogen and oxygen atoms in total. The van der Waals surface area contributed by atoms with Gasteiger partial charge in [0.2, 0.25) is 11.7 Å². The number of hydrogen-bond donors (Lipinski definition) is 1. The number of amides is 1. The highest BCUT2D eigenvalue weighted by Gasteiger charge is 2.22. The van der Waals surface area contributed by atoms with E-state index < -0.39 is 12.1 Å². The zero-order valence-corrected chi connectivity index (χ0v) is 20.4. The number of rotatable bonds is 11. The van der Waals surface area contributed by atoms with Crippen LogP contribution in [0.15, 0.2) is 72.8 Å². The molecule has 1 unspecified atom stereocenters. The summed E-state index contributed by atoms with van der Waals surface area (Å²) in [7, 11) is 0. The molecule has 0 heterocycles. The standard InChI is InChI=1S/C29H31NO5/c1-4-26(29(33)22-9-6-5-7-10-22)35-28(32)12-8-11-27(31)30-23-14-17-24(18-15-23)34-25-16-13-20(2)21(3)19-25/h5-7,9-10,13-19,26H,4,8,11-12H2,1-3H3,(H,30,31). The van der Waals surface area contributed by atoms with E-state index in [-0.39, 0.29) is 24.5 Å². The molecule has 3 rings (SSSR count). The first kappa shape index (κ1) is 25.7. The summed E-state index contributed by atoms with van der Waals surface area (Å²) in [6.45, 7) is 5.88. The maximum Gasteiger partial charge on any atom is 0.306 e. The van der Waals surface area contributed by atoms with E-state index in [2.05, 4.69) is 12.2 Å². The summed E-state index contributed by atoms with van der Waals surface area (Å²) in [6, 6.07) is 21.8. The number of ketones is 1. The second-order valence-corrected chi connectivity index (χ2v) is 8.39. The zero-order chi connectivity index (χ0) is 25.2. The molecule has 182 valence electrons. The van der Waals surface area contributed by atoms with Gasteiger partial charge in [-0.05, 0) is 74.2 Å². The summed E-state index contributed by atoms with van der Waals surface area (Å²) < 4.78 is 11.2. The molecule has 1 N–H and O–H groups in total. The Morgan fingerprint density at radius 3 is 2.17 bits per heavy atom. The van der Waals surface area contributed by atoms with Crippen molar-refractivity contribution in [2.24, 2.45) is 0 Å². The van der Waals surface area contributed by atoms with E-state index in [4.69, 9.17) is 9.47 Å². The van der Waals surface area contributed by atoms with Crippen LogP contribution in [0, 0.1) is 13.8 Å². The van der Waals surface area contributed by atoms with E-state index in [1.165, 1.54) is 5.56 Å². The molecule has 0 saturated carbocycles. The van der Waals surface area contributed by atoms with Crippen LogP contribution in [0.1, 0.15) is 54.1 Å². The van der Waals surface area contributed by atoms with E-state index in [1.54, 1.807) is 55.5 Å². The highest BCUT2D eigenvalue weighted by Crippen LogP contribution is 2.25. The molecule has 35 heavy (non-hydrogen) atoms. The summed E-state index contributed by atoms with van der Waals surface area (Å²) in [5, 5.41) is 2.81. The van der Waals surface area contributed by atoms with Crippen molar-refractivity contribution in [2.45, 2.75) is 52.6 Å². The van der Waals surface area contributed by atoms with E-state index in [0.29, 0.717) is 29.8 Å². The van der Waals surface area contributed by atoms with Gasteiger partial charge < -0.3 is 14.8 Å². The molecule has 0 radical (unpaired) electrons. The van der Waals surface area contributed by atoms with Gasteiger partial charge in [0.15, 0.2) is 6.10 Å². The van der Waals surface area contributed by atoms with E-state index in [1.807, 2.05) is 31.2 Å². The van der Waals surface area contributed by atoms with Crippen LogP contribution in [0.5, 0.6) is 11.5 Å². The summed E-state index contributed by atoms with van der Waals surface area (Å²) in [5.74, 6) is 0.524. The SMILES string of the molecule is CCC(OC(=O)CCCC(=O)Nc1ccc(Oc2ccc(C)c(C)c2)cc1)C(=O)c1ccccc1. The lowest BCUT2D eigenvalue weighted by atomic mass is 10.0. The van der Waals surface area contributed by atoms with Gasteiger partial charge in [-0.2, -0.15) is 0 Å². The van der Waals surface area contributed by atoms with Crippen LogP contribution in [-0.4, -0.2) is 23.8 Å². The first-order valence-electron chi connectivity index (χ1n) is 11.8. The molecule has 0 saturated heterocycles. The first-order valence-corrected chi connectivity index (χ1v) is 11.8. The Bertz CT molecular complexity index is 1160. The molecule has 0 spiro atoms. The Kier molecular flexibility index (Phi) is 9.18. The van der Waals surface area contributed by atoms with Gasteiger partial charge in [0.1, 0.15) is 11.5 Å². The summed E-state index contributed by atoms with van der Waals surface area (Å²) in [4.78, 5) is 37.0. The lowest BCUT2D eigenvalue weighted by Crippen LogP contribution is -2.26. The van der Waals surface area contributed by atoms with Crippen LogP contribution in [-0.2, 0) is 14.3 Å². The summed E-state index contributed by atoms with van der Waals surface area (Å²) in [5.41, 5.74) is 3.51. The fourth-order valence-electron chi connectivity index (χ4n) is 3.46. The van der Waals surface area contributed by atoms with Crippen molar-refractivity contribution in [3.8, 4) is 11.5 Å². The molecule has 1 atom stereocenters. The minimum Gasteiger partial charge on any atom is -0.457 e. The van der Waals surface area contributed by atoms with Gasteiger partial charge in [0.05, 0.1) is 0 Å². The molecule has 6 heteroatoms. The Hall–Kier alpha value is -3.93. The number of hydrogen-bond acceptors (Lipinski definition) is 5. The van der Waals surface area contributed by atoms with Crippen molar-refractivity contribution < 1.29 is 23.9 Å². The number of carbonyl (C=O) groups is 3. The maximum absolute atomic E-state index is 12.5. The minimum absolute atomic E-state index is 0.0642. The third-order valence-electron chi connectivity index (χ3n) is 5.63. The molecule has 0 aliphatic rings. The molecule has 0 aliphatic heterocycles. The Labute approximate surface area is 206 Å². The smallest absolute Gasteiger partial charge is 0.306 e. The fraction of sp³-hybridized carbons (Fsp3) is 0.276. The third kappa shape index (κ3) is 7.81. The molecule has 3 aromatic carbocycles. The van der Waals surface area contributed by atoms with Gasteiger partial charge in [0, 0.05) is 24.1 Å². The van der Waals surface area contributed by atoms with Crippen LogP contribution < -0.4 is 10.1 Å². The molecule has 3 aromatic rings. The van der Waals surface area contributed by atoms with Gasteiger partial charge in [-0.3, -0.25) is 14.4 Å². The monoisotopic (exact) mass is 473 g/mol. The number of carbonyl (C=O) groups excluding carboxylic acids is 3. The van der Waals surface area contributed by atoms with Crippen LogP contribution in [0.2, 0.25) is 0 Å². The first-order chi connectivity index (χ1) is 16.9. The fourth-order valence-corrected chi connectivity index (χ4v) is 3.46. The number of anilines is 1. The van der Waals surface area contributed by atoms with Gasteiger partial charge in [-0.1, -0.05) is 43.3 Å². The van der Waals surface area contributed by atoms with Crippen molar-refractivity contribution in [1.29, 1.82) is 0 Å². The maximum atomic E-state index is 12.5. The van der Waals surface area contributed by atoms with Crippen LogP contribution >= 0.6 is 0 Å². The summed E-state index contributed by atoms with van der Waals surface area (Å²) >= 11 is 0. The van der Waals surface area contributed by atoms with Crippen LogP contribution in [0.3, 0.4) is 0 Å². The molecule has 0 bridgehead atoms. The van der Waals surface area contributed by atoms with E-state index >= 15 is 0 Å².